The zero-order chi connectivity index (χ0) is 15.6. The van der Waals surface area contributed by atoms with E-state index in [9.17, 15) is 13.2 Å². The van der Waals surface area contributed by atoms with Crippen LogP contribution < -0.4 is 5.32 Å². The van der Waals surface area contributed by atoms with Crippen molar-refractivity contribution in [1.29, 1.82) is 0 Å². The Morgan fingerprint density at radius 1 is 1.29 bits per heavy atom. The van der Waals surface area contributed by atoms with E-state index in [-0.39, 0.29) is 17.4 Å². The molecule has 2 rings (SSSR count). The summed E-state index contributed by atoms with van der Waals surface area (Å²) in [5, 5.41) is 2.75. The number of rotatable bonds is 3. The largest absolute Gasteiger partial charge is 0.376 e. The number of anilines is 1. The Balaban J connectivity index is 2.22. The first-order chi connectivity index (χ1) is 9.79. The molecule has 1 saturated heterocycles. The number of hydrogen-bond acceptors (Lipinski definition) is 5. The Hall–Kier alpha value is -1.15. The lowest BCUT2D eigenvalue weighted by Gasteiger charge is -2.23. The average molecular weight is 334 g/mol. The van der Waals surface area contributed by atoms with Gasteiger partial charge in [-0.15, -0.1) is 0 Å². The standard InChI is InChI=1S/C13H16ClNO5S/c1-8-5-10(21(14,17)18)6-9(2)12(8)15-13(16)11-7-19-3-4-20-11/h5-6,11H,3-4,7H2,1-2H3,(H,15,16). The maximum atomic E-state index is 12.1. The van der Waals surface area contributed by atoms with E-state index in [0.29, 0.717) is 30.0 Å². The van der Waals surface area contributed by atoms with Crippen LogP contribution in [-0.4, -0.2) is 40.2 Å². The highest BCUT2D eigenvalue weighted by molar-refractivity contribution is 8.13. The van der Waals surface area contributed by atoms with Crippen LogP contribution in [-0.2, 0) is 23.3 Å². The van der Waals surface area contributed by atoms with Gasteiger partial charge in [0.1, 0.15) is 0 Å². The molecular formula is C13H16ClNO5S. The van der Waals surface area contributed by atoms with E-state index in [4.69, 9.17) is 20.2 Å². The molecule has 0 radical (unpaired) electrons. The number of carbonyl (C=O) groups excluding carboxylic acids is 1. The first kappa shape index (κ1) is 16.2. The fraction of sp³-hybridized carbons (Fsp3) is 0.462. The topological polar surface area (TPSA) is 81.7 Å². The van der Waals surface area contributed by atoms with Gasteiger partial charge >= 0.3 is 0 Å². The van der Waals surface area contributed by atoms with E-state index in [0.717, 1.165) is 0 Å². The molecule has 116 valence electrons. The van der Waals surface area contributed by atoms with Gasteiger partial charge in [0.25, 0.3) is 15.0 Å². The third-order valence-corrected chi connectivity index (χ3v) is 4.48. The number of ether oxygens (including phenoxy) is 2. The summed E-state index contributed by atoms with van der Waals surface area (Å²) >= 11 is 0. The van der Waals surface area contributed by atoms with Crippen LogP contribution in [0, 0.1) is 13.8 Å². The van der Waals surface area contributed by atoms with Crippen LogP contribution in [0.4, 0.5) is 5.69 Å². The predicted octanol–water partition coefficient (Wildman–Crippen LogP) is 1.58. The molecule has 0 bridgehead atoms. The number of nitrogens with one attached hydrogen (secondary N) is 1. The number of carbonyl (C=O) groups is 1. The number of aryl methyl sites for hydroxylation is 2. The van der Waals surface area contributed by atoms with Crippen LogP contribution >= 0.6 is 10.7 Å². The molecule has 0 aromatic heterocycles. The fourth-order valence-corrected chi connectivity index (χ4v) is 3.01. The molecule has 6 nitrogen and oxygen atoms in total. The Labute approximate surface area is 127 Å². The van der Waals surface area contributed by atoms with Gasteiger partial charge in [-0.05, 0) is 37.1 Å². The minimum atomic E-state index is -3.80. The van der Waals surface area contributed by atoms with Gasteiger partial charge in [0.05, 0.1) is 24.7 Å². The van der Waals surface area contributed by atoms with Crippen molar-refractivity contribution in [3.05, 3.63) is 23.3 Å². The van der Waals surface area contributed by atoms with Crippen LogP contribution in [0.15, 0.2) is 17.0 Å². The summed E-state index contributed by atoms with van der Waals surface area (Å²) in [6.07, 6.45) is -0.658. The molecule has 0 spiro atoms. The first-order valence-corrected chi connectivity index (χ1v) is 8.66. The van der Waals surface area contributed by atoms with Gasteiger partial charge in [-0.1, -0.05) is 0 Å². The lowest BCUT2D eigenvalue weighted by atomic mass is 10.1. The van der Waals surface area contributed by atoms with Gasteiger partial charge in [0.15, 0.2) is 6.10 Å². The lowest BCUT2D eigenvalue weighted by Crippen LogP contribution is -2.39. The lowest BCUT2D eigenvalue weighted by molar-refractivity contribution is -0.142. The van der Waals surface area contributed by atoms with Crippen LogP contribution in [0.5, 0.6) is 0 Å². The summed E-state index contributed by atoms with van der Waals surface area (Å²) in [4.78, 5) is 12.1. The second-order valence-electron chi connectivity index (χ2n) is 4.79. The molecule has 21 heavy (non-hydrogen) atoms. The number of hydrogen-bond donors (Lipinski definition) is 1. The molecule has 8 heteroatoms. The molecule has 1 aliphatic rings. The highest BCUT2D eigenvalue weighted by Gasteiger charge is 2.24. The molecule has 1 heterocycles. The molecule has 1 aromatic rings. The summed E-state index contributed by atoms with van der Waals surface area (Å²) in [6.45, 7) is 4.46. The summed E-state index contributed by atoms with van der Waals surface area (Å²) < 4.78 is 33.2. The molecular weight excluding hydrogens is 318 g/mol. The summed E-state index contributed by atoms with van der Waals surface area (Å²) in [6, 6.07) is 2.84. The van der Waals surface area contributed by atoms with Gasteiger partial charge in [0, 0.05) is 16.4 Å². The van der Waals surface area contributed by atoms with Crippen molar-refractivity contribution in [1.82, 2.24) is 0 Å². The summed E-state index contributed by atoms with van der Waals surface area (Å²) in [5.41, 5.74) is 1.77. The Bertz CT molecular complexity index is 630. The van der Waals surface area contributed by atoms with Gasteiger partial charge < -0.3 is 14.8 Å². The van der Waals surface area contributed by atoms with E-state index in [1.54, 1.807) is 13.8 Å². The van der Waals surface area contributed by atoms with E-state index in [1.165, 1.54) is 12.1 Å². The number of halogens is 1. The third-order valence-electron chi connectivity index (χ3n) is 3.14. The van der Waals surface area contributed by atoms with Crippen LogP contribution in [0.2, 0.25) is 0 Å². The SMILES string of the molecule is Cc1cc(S(=O)(=O)Cl)cc(C)c1NC(=O)C1COCCO1. The molecule has 1 aromatic carbocycles. The molecule has 1 aliphatic heterocycles. The zero-order valence-corrected chi connectivity index (χ0v) is 13.3. The van der Waals surface area contributed by atoms with Gasteiger partial charge in [-0.2, -0.15) is 0 Å². The second-order valence-corrected chi connectivity index (χ2v) is 7.36. The quantitative estimate of drug-likeness (QED) is 0.849. The number of benzene rings is 1. The van der Waals surface area contributed by atoms with E-state index < -0.39 is 15.2 Å². The Morgan fingerprint density at radius 3 is 2.38 bits per heavy atom. The van der Waals surface area contributed by atoms with Crippen molar-refractivity contribution < 1.29 is 22.7 Å². The van der Waals surface area contributed by atoms with Crippen molar-refractivity contribution in [2.75, 3.05) is 25.1 Å². The van der Waals surface area contributed by atoms with Crippen LogP contribution in [0.25, 0.3) is 0 Å². The maximum absolute atomic E-state index is 12.1. The zero-order valence-electron chi connectivity index (χ0n) is 11.7. The normalized spacial score (nSPS) is 19.3. The van der Waals surface area contributed by atoms with Gasteiger partial charge in [0.2, 0.25) is 0 Å². The molecule has 1 N–H and O–H groups in total. The Morgan fingerprint density at radius 2 is 1.90 bits per heavy atom. The second kappa shape index (κ2) is 6.31. The smallest absolute Gasteiger partial charge is 0.261 e. The highest BCUT2D eigenvalue weighted by atomic mass is 35.7. The third kappa shape index (κ3) is 3.94. The highest BCUT2D eigenvalue weighted by Crippen LogP contribution is 2.26. The number of amides is 1. The van der Waals surface area contributed by atoms with Gasteiger partial charge in [-0.3, -0.25) is 4.79 Å². The van der Waals surface area contributed by atoms with Crippen LogP contribution in [0.1, 0.15) is 11.1 Å². The predicted molar refractivity (Wildman–Crippen MR) is 78.1 cm³/mol. The molecule has 0 aliphatic carbocycles. The van der Waals surface area contributed by atoms with E-state index in [2.05, 4.69) is 5.32 Å². The van der Waals surface area contributed by atoms with Crippen molar-refractivity contribution in [2.45, 2.75) is 24.8 Å². The van der Waals surface area contributed by atoms with Crippen molar-refractivity contribution in [2.24, 2.45) is 0 Å². The molecule has 1 unspecified atom stereocenters. The van der Waals surface area contributed by atoms with Gasteiger partial charge in [-0.25, -0.2) is 8.42 Å². The molecule has 0 saturated carbocycles. The molecule has 1 amide bonds. The van der Waals surface area contributed by atoms with Crippen LogP contribution in [0.3, 0.4) is 0 Å². The summed E-state index contributed by atoms with van der Waals surface area (Å²) in [5.74, 6) is -0.317. The van der Waals surface area contributed by atoms with E-state index in [1.807, 2.05) is 0 Å². The summed E-state index contributed by atoms with van der Waals surface area (Å²) in [7, 11) is 1.53. The van der Waals surface area contributed by atoms with E-state index >= 15 is 0 Å². The molecule has 1 fully saturated rings. The molecule has 1 atom stereocenters. The maximum Gasteiger partial charge on any atom is 0.261 e. The minimum Gasteiger partial charge on any atom is -0.376 e. The van der Waals surface area contributed by atoms with Crippen molar-refractivity contribution in [3.8, 4) is 0 Å². The average Bonchev–Trinajstić information content (AvgIpc) is 2.42. The van der Waals surface area contributed by atoms with Crippen molar-refractivity contribution in [3.63, 3.8) is 0 Å². The van der Waals surface area contributed by atoms with Crippen molar-refractivity contribution >= 4 is 31.3 Å². The monoisotopic (exact) mass is 333 g/mol. The minimum absolute atomic E-state index is 0.00872. The first-order valence-electron chi connectivity index (χ1n) is 6.35. The Kier molecular flexibility index (Phi) is 4.88. The fourth-order valence-electron chi connectivity index (χ4n) is 2.10.